The Morgan fingerprint density at radius 3 is 2.68 bits per heavy atom. The summed E-state index contributed by atoms with van der Waals surface area (Å²) in [6.45, 7) is 3.82. The van der Waals surface area contributed by atoms with Crippen molar-refractivity contribution in [2.45, 2.75) is 32.7 Å². The van der Waals surface area contributed by atoms with Crippen LogP contribution in [0.5, 0.6) is 0 Å². The summed E-state index contributed by atoms with van der Waals surface area (Å²) in [6, 6.07) is 7.03. The third kappa shape index (κ3) is 3.01. The fraction of sp³-hybridized carbons (Fsp3) is 0.400. The molecule has 2 N–H and O–H groups in total. The maximum absolute atomic E-state index is 13.5. The number of aryl methyl sites for hydroxylation is 3. The van der Waals surface area contributed by atoms with Crippen molar-refractivity contribution in [2.75, 3.05) is 0 Å². The molecular weight excluding hydrogens is 241 g/mol. The second-order valence-electron chi connectivity index (χ2n) is 4.92. The summed E-state index contributed by atoms with van der Waals surface area (Å²) in [5, 5.41) is 4.39. The monoisotopic (exact) mass is 261 g/mol. The second-order valence-corrected chi connectivity index (χ2v) is 4.92. The number of rotatable bonds is 4. The van der Waals surface area contributed by atoms with E-state index in [0.29, 0.717) is 12.0 Å². The van der Waals surface area contributed by atoms with E-state index < -0.39 is 0 Å². The first-order valence-corrected chi connectivity index (χ1v) is 6.54. The van der Waals surface area contributed by atoms with Crippen molar-refractivity contribution in [3.63, 3.8) is 0 Å². The number of aromatic nitrogens is 2. The lowest BCUT2D eigenvalue weighted by Gasteiger charge is -2.12. The second kappa shape index (κ2) is 5.53. The van der Waals surface area contributed by atoms with Gasteiger partial charge in [-0.1, -0.05) is 19.1 Å². The van der Waals surface area contributed by atoms with E-state index in [9.17, 15) is 4.39 Å². The van der Waals surface area contributed by atoms with Gasteiger partial charge >= 0.3 is 0 Å². The van der Waals surface area contributed by atoms with E-state index in [0.717, 1.165) is 23.4 Å². The van der Waals surface area contributed by atoms with E-state index in [4.69, 9.17) is 5.73 Å². The molecule has 0 aliphatic carbocycles. The maximum atomic E-state index is 13.5. The number of nitrogens with zero attached hydrogens (tertiary/aromatic N) is 2. The van der Waals surface area contributed by atoms with Crippen LogP contribution in [0.2, 0.25) is 0 Å². The standard InChI is InChI=1S/C15H20FN3/c1-4-12-8-13(19(3)18-12)9-15(17)11-6-5-10(2)14(16)7-11/h5-8,15H,4,9,17H2,1-3H3. The van der Waals surface area contributed by atoms with Crippen molar-refractivity contribution in [3.8, 4) is 0 Å². The Morgan fingerprint density at radius 2 is 2.11 bits per heavy atom. The van der Waals surface area contributed by atoms with E-state index in [1.54, 1.807) is 13.0 Å². The summed E-state index contributed by atoms with van der Waals surface area (Å²) in [6.07, 6.45) is 1.56. The molecule has 0 aliphatic rings. The van der Waals surface area contributed by atoms with Crippen LogP contribution in [0.3, 0.4) is 0 Å². The van der Waals surface area contributed by atoms with Gasteiger partial charge in [-0.3, -0.25) is 4.68 Å². The average Bonchev–Trinajstić information content (AvgIpc) is 2.73. The van der Waals surface area contributed by atoms with Crippen LogP contribution in [0.25, 0.3) is 0 Å². The van der Waals surface area contributed by atoms with Gasteiger partial charge in [-0.2, -0.15) is 5.10 Å². The van der Waals surface area contributed by atoms with Gasteiger partial charge in [0.15, 0.2) is 0 Å². The molecule has 0 saturated carbocycles. The van der Waals surface area contributed by atoms with E-state index in [1.165, 1.54) is 6.07 Å². The fourth-order valence-electron chi connectivity index (χ4n) is 2.12. The van der Waals surface area contributed by atoms with Gasteiger partial charge in [-0.15, -0.1) is 0 Å². The Balaban J connectivity index is 2.17. The molecule has 0 saturated heterocycles. The van der Waals surface area contributed by atoms with Crippen LogP contribution >= 0.6 is 0 Å². The van der Waals surface area contributed by atoms with Crippen LogP contribution < -0.4 is 5.73 Å². The Labute approximate surface area is 113 Å². The molecule has 1 unspecified atom stereocenters. The fourth-order valence-corrected chi connectivity index (χ4v) is 2.12. The van der Waals surface area contributed by atoms with Gasteiger partial charge < -0.3 is 5.73 Å². The topological polar surface area (TPSA) is 43.8 Å². The molecule has 0 bridgehead atoms. The molecule has 0 fully saturated rings. The molecule has 0 radical (unpaired) electrons. The molecule has 4 heteroatoms. The van der Waals surface area contributed by atoms with Crippen LogP contribution in [-0.2, 0) is 19.9 Å². The molecule has 3 nitrogen and oxygen atoms in total. The maximum Gasteiger partial charge on any atom is 0.126 e. The predicted molar refractivity (Wildman–Crippen MR) is 74.4 cm³/mol. The molecule has 0 amide bonds. The number of benzene rings is 1. The molecule has 2 aromatic rings. The van der Waals surface area contributed by atoms with Gasteiger partial charge in [0.05, 0.1) is 5.69 Å². The van der Waals surface area contributed by atoms with Gasteiger partial charge in [0, 0.05) is 25.2 Å². The van der Waals surface area contributed by atoms with Gasteiger partial charge in [0.2, 0.25) is 0 Å². The predicted octanol–water partition coefficient (Wildman–Crippen LogP) is 2.67. The van der Waals surface area contributed by atoms with E-state index >= 15 is 0 Å². The minimum absolute atomic E-state index is 0.202. The van der Waals surface area contributed by atoms with E-state index in [1.807, 2.05) is 17.8 Å². The zero-order valence-electron chi connectivity index (χ0n) is 11.7. The lowest BCUT2D eigenvalue weighted by atomic mass is 10.0. The summed E-state index contributed by atoms with van der Waals surface area (Å²) in [5.41, 5.74) is 9.75. The van der Waals surface area contributed by atoms with Crippen molar-refractivity contribution in [3.05, 3.63) is 52.6 Å². The SMILES string of the molecule is CCc1cc(CC(N)c2ccc(C)c(F)c2)n(C)n1. The van der Waals surface area contributed by atoms with Crippen LogP contribution in [0.15, 0.2) is 24.3 Å². The molecule has 1 aromatic carbocycles. The van der Waals surface area contributed by atoms with Crippen LogP contribution in [0.1, 0.15) is 35.5 Å². The van der Waals surface area contributed by atoms with Crippen molar-refractivity contribution in [1.29, 1.82) is 0 Å². The van der Waals surface area contributed by atoms with Gasteiger partial charge in [-0.25, -0.2) is 4.39 Å². The lowest BCUT2D eigenvalue weighted by molar-refractivity contribution is 0.603. The summed E-state index contributed by atoms with van der Waals surface area (Å²) < 4.78 is 15.4. The molecule has 1 aromatic heterocycles. The first kappa shape index (κ1) is 13.7. The van der Waals surface area contributed by atoms with Gasteiger partial charge in [-0.05, 0) is 36.6 Å². The van der Waals surface area contributed by atoms with E-state index in [2.05, 4.69) is 18.1 Å². The van der Waals surface area contributed by atoms with Crippen LogP contribution in [0.4, 0.5) is 4.39 Å². The van der Waals surface area contributed by atoms with Crippen molar-refractivity contribution in [1.82, 2.24) is 9.78 Å². The highest BCUT2D eigenvalue weighted by atomic mass is 19.1. The number of halogens is 1. The minimum atomic E-state index is -0.213. The third-order valence-electron chi connectivity index (χ3n) is 3.44. The average molecular weight is 261 g/mol. The van der Waals surface area contributed by atoms with Crippen LogP contribution in [0, 0.1) is 12.7 Å². The number of hydrogen-bond donors (Lipinski definition) is 1. The van der Waals surface area contributed by atoms with Crippen LogP contribution in [-0.4, -0.2) is 9.78 Å². The summed E-state index contributed by atoms with van der Waals surface area (Å²) in [5.74, 6) is -0.202. The highest BCUT2D eigenvalue weighted by Crippen LogP contribution is 2.19. The molecule has 1 heterocycles. The summed E-state index contributed by atoms with van der Waals surface area (Å²) in [4.78, 5) is 0. The Bertz CT molecular complexity index is 575. The molecule has 19 heavy (non-hydrogen) atoms. The normalized spacial score (nSPS) is 12.7. The van der Waals surface area contributed by atoms with Gasteiger partial charge in [0.1, 0.15) is 5.82 Å². The highest BCUT2D eigenvalue weighted by molar-refractivity contribution is 5.27. The molecule has 0 spiro atoms. The van der Waals surface area contributed by atoms with Crippen molar-refractivity contribution in [2.24, 2.45) is 12.8 Å². The summed E-state index contributed by atoms with van der Waals surface area (Å²) in [7, 11) is 1.91. The van der Waals surface area contributed by atoms with Crippen molar-refractivity contribution >= 4 is 0 Å². The number of hydrogen-bond acceptors (Lipinski definition) is 2. The number of nitrogens with two attached hydrogens (primary N) is 1. The minimum Gasteiger partial charge on any atom is -0.324 e. The van der Waals surface area contributed by atoms with E-state index in [-0.39, 0.29) is 11.9 Å². The van der Waals surface area contributed by atoms with Gasteiger partial charge in [0.25, 0.3) is 0 Å². The first-order chi connectivity index (χ1) is 9.01. The Kier molecular flexibility index (Phi) is 4.00. The molecule has 2 rings (SSSR count). The Morgan fingerprint density at radius 1 is 1.37 bits per heavy atom. The third-order valence-corrected chi connectivity index (χ3v) is 3.44. The van der Waals surface area contributed by atoms with Crippen molar-refractivity contribution < 1.29 is 4.39 Å². The highest BCUT2D eigenvalue weighted by Gasteiger charge is 2.12. The smallest absolute Gasteiger partial charge is 0.126 e. The Hall–Kier alpha value is -1.68. The summed E-state index contributed by atoms with van der Waals surface area (Å²) >= 11 is 0. The zero-order valence-corrected chi connectivity index (χ0v) is 11.7. The molecular formula is C15H20FN3. The molecule has 1 atom stereocenters. The quantitative estimate of drug-likeness (QED) is 0.919. The zero-order chi connectivity index (χ0) is 14.0. The molecule has 0 aliphatic heterocycles. The first-order valence-electron chi connectivity index (χ1n) is 6.54. The largest absolute Gasteiger partial charge is 0.324 e. The lowest BCUT2D eigenvalue weighted by Crippen LogP contribution is -2.15. The molecule has 102 valence electrons.